The Morgan fingerprint density at radius 3 is 2.30 bits per heavy atom. The van der Waals surface area contributed by atoms with Crippen molar-refractivity contribution in [2.24, 2.45) is 5.41 Å². The number of nitrogens with one attached hydrogen (secondary N) is 2. The second-order valence-corrected chi connectivity index (χ2v) is 6.35. The highest BCUT2D eigenvalue weighted by Crippen LogP contribution is 2.22. The fraction of sp³-hybridized carbons (Fsp3) is 0.562. The number of amides is 2. The first-order valence-electron chi connectivity index (χ1n) is 6.89. The smallest absolute Gasteiger partial charge is 0.315 e. The molecule has 1 aromatic carbocycles. The van der Waals surface area contributed by atoms with E-state index in [1.165, 1.54) is 11.1 Å². The van der Waals surface area contributed by atoms with E-state index in [0.29, 0.717) is 13.1 Å². The number of benzene rings is 1. The first-order valence-corrected chi connectivity index (χ1v) is 6.89. The number of rotatable bonds is 4. The maximum Gasteiger partial charge on any atom is 0.315 e. The molecule has 0 aliphatic rings. The summed E-state index contributed by atoms with van der Waals surface area (Å²) >= 11 is 0. The number of aryl methyl sites for hydroxylation is 2. The Morgan fingerprint density at radius 2 is 1.75 bits per heavy atom. The standard InChI is InChI=1S/C16H26N2O2/c1-11-7-13(14(20-6)8-12(11)2)9-17-15(19)18-10-16(3,4)5/h7-8H,9-10H2,1-6H3,(H2,17,18,19). The van der Waals surface area contributed by atoms with Gasteiger partial charge in [-0.05, 0) is 36.5 Å². The molecule has 1 rings (SSSR count). The maximum atomic E-state index is 11.8. The molecule has 1 aromatic rings. The van der Waals surface area contributed by atoms with Crippen LogP contribution in [0.4, 0.5) is 4.79 Å². The average molecular weight is 278 g/mol. The number of carbonyl (C=O) groups excluding carboxylic acids is 1. The minimum absolute atomic E-state index is 0.0788. The molecule has 0 aliphatic carbocycles. The van der Waals surface area contributed by atoms with Gasteiger partial charge in [0.1, 0.15) is 5.75 Å². The summed E-state index contributed by atoms with van der Waals surface area (Å²) in [6.07, 6.45) is 0. The highest BCUT2D eigenvalue weighted by molar-refractivity contribution is 5.74. The van der Waals surface area contributed by atoms with Crippen molar-refractivity contribution >= 4 is 6.03 Å². The van der Waals surface area contributed by atoms with Crippen molar-refractivity contribution in [3.05, 3.63) is 28.8 Å². The number of hydrogen-bond donors (Lipinski definition) is 2. The Labute approximate surface area is 121 Å². The zero-order chi connectivity index (χ0) is 15.3. The predicted molar refractivity (Wildman–Crippen MR) is 82.2 cm³/mol. The van der Waals surface area contributed by atoms with Crippen molar-refractivity contribution < 1.29 is 9.53 Å². The summed E-state index contributed by atoms with van der Waals surface area (Å²) in [6, 6.07) is 3.90. The molecule has 2 N–H and O–H groups in total. The molecule has 0 spiro atoms. The number of urea groups is 1. The highest BCUT2D eigenvalue weighted by atomic mass is 16.5. The predicted octanol–water partition coefficient (Wildman–Crippen LogP) is 3.16. The normalized spacial score (nSPS) is 11.1. The second kappa shape index (κ2) is 6.64. The summed E-state index contributed by atoms with van der Waals surface area (Å²) in [6.45, 7) is 11.4. The van der Waals surface area contributed by atoms with Gasteiger partial charge in [0.25, 0.3) is 0 Å². The summed E-state index contributed by atoms with van der Waals surface area (Å²) in [5.41, 5.74) is 3.44. The molecule has 0 bridgehead atoms. The van der Waals surface area contributed by atoms with Gasteiger partial charge in [-0.1, -0.05) is 26.8 Å². The van der Waals surface area contributed by atoms with Crippen molar-refractivity contribution in [1.29, 1.82) is 0 Å². The van der Waals surface area contributed by atoms with Crippen LogP contribution in [0, 0.1) is 19.3 Å². The Balaban J connectivity index is 2.61. The second-order valence-electron chi connectivity index (χ2n) is 6.35. The molecule has 0 aromatic heterocycles. The van der Waals surface area contributed by atoms with E-state index in [0.717, 1.165) is 11.3 Å². The molecule has 0 unspecified atom stereocenters. The molecule has 0 heterocycles. The van der Waals surface area contributed by atoms with Crippen LogP contribution in [0.2, 0.25) is 0 Å². The van der Waals surface area contributed by atoms with Crippen molar-refractivity contribution in [3.8, 4) is 5.75 Å². The van der Waals surface area contributed by atoms with E-state index in [1.807, 2.05) is 13.0 Å². The van der Waals surface area contributed by atoms with Gasteiger partial charge in [0.2, 0.25) is 0 Å². The van der Waals surface area contributed by atoms with Gasteiger partial charge in [-0.3, -0.25) is 0 Å². The average Bonchev–Trinajstić information content (AvgIpc) is 2.36. The number of methoxy groups -OCH3 is 1. The van der Waals surface area contributed by atoms with Crippen LogP contribution in [-0.4, -0.2) is 19.7 Å². The lowest BCUT2D eigenvalue weighted by molar-refractivity contribution is 0.235. The molecule has 0 atom stereocenters. The topological polar surface area (TPSA) is 50.4 Å². The molecule has 0 fully saturated rings. The maximum absolute atomic E-state index is 11.8. The third-order valence-corrected chi connectivity index (χ3v) is 3.12. The molecular weight excluding hydrogens is 252 g/mol. The highest BCUT2D eigenvalue weighted by Gasteiger charge is 2.12. The monoisotopic (exact) mass is 278 g/mol. The van der Waals surface area contributed by atoms with E-state index in [4.69, 9.17) is 4.74 Å². The quantitative estimate of drug-likeness (QED) is 0.889. The molecule has 2 amide bonds. The zero-order valence-electron chi connectivity index (χ0n) is 13.4. The minimum atomic E-state index is -0.153. The van der Waals surface area contributed by atoms with Crippen LogP contribution in [0.3, 0.4) is 0 Å². The lowest BCUT2D eigenvalue weighted by Crippen LogP contribution is -2.39. The van der Waals surface area contributed by atoms with Gasteiger partial charge < -0.3 is 15.4 Å². The van der Waals surface area contributed by atoms with Crippen LogP contribution in [0.25, 0.3) is 0 Å². The number of carbonyl (C=O) groups is 1. The van der Waals surface area contributed by atoms with Crippen LogP contribution >= 0.6 is 0 Å². The van der Waals surface area contributed by atoms with Gasteiger partial charge in [0.05, 0.1) is 7.11 Å². The van der Waals surface area contributed by atoms with E-state index >= 15 is 0 Å². The Bertz CT molecular complexity index is 476. The molecule has 112 valence electrons. The SMILES string of the molecule is COc1cc(C)c(C)cc1CNC(=O)NCC(C)(C)C. The first-order chi connectivity index (χ1) is 9.23. The molecule has 0 saturated heterocycles. The largest absolute Gasteiger partial charge is 0.496 e. The third-order valence-electron chi connectivity index (χ3n) is 3.12. The summed E-state index contributed by atoms with van der Waals surface area (Å²) in [4.78, 5) is 11.8. The molecule has 0 radical (unpaired) electrons. The fourth-order valence-electron chi connectivity index (χ4n) is 1.76. The zero-order valence-corrected chi connectivity index (χ0v) is 13.4. The van der Waals surface area contributed by atoms with E-state index in [1.54, 1.807) is 7.11 Å². The van der Waals surface area contributed by atoms with Crippen molar-refractivity contribution in [3.63, 3.8) is 0 Å². The van der Waals surface area contributed by atoms with Crippen molar-refractivity contribution in [2.45, 2.75) is 41.2 Å². The van der Waals surface area contributed by atoms with Crippen LogP contribution in [0.15, 0.2) is 12.1 Å². The summed E-state index contributed by atoms with van der Waals surface area (Å²) in [7, 11) is 1.65. The Kier molecular flexibility index (Phi) is 5.43. The molecular formula is C16H26N2O2. The van der Waals surface area contributed by atoms with Crippen LogP contribution in [0.1, 0.15) is 37.5 Å². The van der Waals surface area contributed by atoms with E-state index in [9.17, 15) is 4.79 Å². The van der Waals surface area contributed by atoms with Gasteiger partial charge in [-0.25, -0.2) is 4.79 Å². The lowest BCUT2D eigenvalue weighted by Gasteiger charge is -2.19. The summed E-state index contributed by atoms with van der Waals surface area (Å²) in [5.74, 6) is 0.809. The third kappa shape index (κ3) is 5.11. The molecule has 0 aliphatic heterocycles. The van der Waals surface area contributed by atoms with Gasteiger partial charge in [-0.2, -0.15) is 0 Å². The summed E-state index contributed by atoms with van der Waals surface area (Å²) < 4.78 is 5.36. The molecule has 4 nitrogen and oxygen atoms in total. The van der Waals surface area contributed by atoms with Gasteiger partial charge >= 0.3 is 6.03 Å². The van der Waals surface area contributed by atoms with E-state index in [2.05, 4.69) is 44.4 Å². The van der Waals surface area contributed by atoms with Crippen molar-refractivity contribution in [1.82, 2.24) is 10.6 Å². The van der Waals surface area contributed by atoms with Crippen molar-refractivity contribution in [2.75, 3.05) is 13.7 Å². The number of hydrogen-bond acceptors (Lipinski definition) is 2. The Morgan fingerprint density at radius 1 is 1.15 bits per heavy atom. The molecule has 20 heavy (non-hydrogen) atoms. The first kappa shape index (κ1) is 16.3. The number of ether oxygens (including phenoxy) is 1. The van der Waals surface area contributed by atoms with Crippen LogP contribution in [-0.2, 0) is 6.54 Å². The minimum Gasteiger partial charge on any atom is -0.496 e. The molecule has 0 saturated carbocycles. The van der Waals surface area contributed by atoms with Gasteiger partial charge in [-0.15, -0.1) is 0 Å². The fourth-order valence-corrected chi connectivity index (χ4v) is 1.76. The van der Waals surface area contributed by atoms with Crippen LogP contribution in [0.5, 0.6) is 5.75 Å². The van der Waals surface area contributed by atoms with Crippen LogP contribution < -0.4 is 15.4 Å². The van der Waals surface area contributed by atoms with Gasteiger partial charge in [0.15, 0.2) is 0 Å². The summed E-state index contributed by atoms with van der Waals surface area (Å²) in [5, 5.41) is 5.73. The lowest BCUT2D eigenvalue weighted by atomic mass is 9.97. The molecule has 4 heteroatoms. The Hall–Kier alpha value is -1.71. The van der Waals surface area contributed by atoms with Gasteiger partial charge in [0, 0.05) is 18.7 Å². The van der Waals surface area contributed by atoms with E-state index in [-0.39, 0.29) is 11.4 Å². The van der Waals surface area contributed by atoms with E-state index < -0.39 is 0 Å².